The Morgan fingerprint density at radius 1 is 0.857 bits per heavy atom. The molecule has 0 spiro atoms. The summed E-state index contributed by atoms with van der Waals surface area (Å²) in [7, 11) is -3.95. The first-order valence-electron chi connectivity index (χ1n) is 12.6. The van der Waals surface area contributed by atoms with E-state index in [-0.39, 0.29) is 27.9 Å². The van der Waals surface area contributed by atoms with Crippen molar-refractivity contribution in [3.8, 4) is 0 Å². The van der Waals surface area contributed by atoms with Crippen molar-refractivity contribution in [2.75, 3.05) is 40.7 Å². The number of nitrogens with one attached hydrogen (secondary N) is 1. The number of carboxylic acids is 2. The minimum Gasteiger partial charge on any atom is -0.478 e. The minimum absolute atomic E-state index is 0.0217. The van der Waals surface area contributed by atoms with Crippen molar-refractivity contribution in [1.82, 2.24) is 0 Å². The lowest BCUT2D eigenvalue weighted by Gasteiger charge is -2.38. The van der Waals surface area contributed by atoms with E-state index in [1.54, 1.807) is 48.5 Å². The van der Waals surface area contributed by atoms with Gasteiger partial charge in [0.15, 0.2) is 0 Å². The Kier molecular flexibility index (Phi) is 10.0. The molecule has 9 nitrogen and oxygen atoms in total. The summed E-state index contributed by atoms with van der Waals surface area (Å²) in [5.74, 6) is -3.93. The fourth-order valence-corrected chi connectivity index (χ4v) is 5.22. The number of para-hydroxylation sites is 1. The van der Waals surface area contributed by atoms with Crippen LogP contribution in [0, 0.1) is 5.82 Å². The molecule has 3 aromatic carbocycles. The van der Waals surface area contributed by atoms with Gasteiger partial charge < -0.3 is 20.0 Å². The highest BCUT2D eigenvalue weighted by molar-refractivity contribution is 7.92. The average molecular weight is 612 g/mol. The number of hydrogen-bond donors (Lipinski definition) is 3. The Hall–Kier alpha value is -4.33. The van der Waals surface area contributed by atoms with Crippen molar-refractivity contribution in [2.45, 2.75) is 30.8 Å². The van der Waals surface area contributed by atoms with E-state index in [2.05, 4.69) is 4.72 Å². The molecule has 0 radical (unpaired) electrons. The van der Waals surface area contributed by atoms with Crippen molar-refractivity contribution in [3.05, 3.63) is 83.7 Å². The van der Waals surface area contributed by atoms with Crippen molar-refractivity contribution in [1.29, 1.82) is 0 Å². The van der Waals surface area contributed by atoms with Crippen LogP contribution in [-0.4, -0.2) is 62.9 Å². The summed E-state index contributed by atoms with van der Waals surface area (Å²) in [5, 5.41) is 16.6. The Morgan fingerprint density at radius 3 is 1.86 bits per heavy atom. The van der Waals surface area contributed by atoms with Gasteiger partial charge in [-0.15, -0.1) is 0 Å². The molecule has 1 heterocycles. The van der Waals surface area contributed by atoms with Gasteiger partial charge in [-0.25, -0.2) is 22.4 Å². The number of aromatic carboxylic acids is 1. The zero-order valence-electron chi connectivity index (χ0n) is 22.6. The second-order valence-corrected chi connectivity index (χ2v) is 11.3. The van der Waals surface area contributed by atoms with Gasteiger partial charge in [-0.1, -0.05) is 38.1 Å². The average Bonchev–Trinajstić information content (AvgIpc) is 2.93. The van der Waals surface area contributed by atoms with E-state index in [0.29, 0.717) is 37.6 Å². The number of halogens is 4. The Bertz CT molecular complexity index is 1520. The largest absolute Gasteiger partial charge is 0.490 e. The molecule has 0 atom stereocenters. The van der Waals surface area contributed by atoms with Gasteiger partial charge in [0, 0.05) is 26.2 Å². The zero-order valence-corrected chi connectivity index (χ0v) is 23.4. The van der Waals surface area contributed by atoms with E-state index in [9.17, 15) is 35.9 Å². The number of carbonyl (C=O) groups is 2. The van der Waals surface area contributed by atoms with Crippen molar-refractivity contribution < 1.29 is 45.8 Å². The Morgan fingerprint density at radius 2 is 1.38 bits per heavy atom. The van der Waals surface area contributed by atoms with Gasteiger partial charge in [0.1, 0.15) is 5.82 Å². The number of rotatable bonds is 7. The molecule has 1 aliphatic heterocycles. The lowest BCUT2D eigenvalue weighted by Crippen LogP contribution is -2.47. The predicted molar refractivity (Wildman–Crippen MR) is 149 cm³/mol. The van der Waals surface area contributed by atoms with Gasteiger partial charge >= 0.3 is 18.1 Å². The molecule has 0 bridgehead atoms. The van der Waals surface area contributed by atoms with Gasteiger partial charge in [-0.3, -0.25) is 4.72 Å². The maximum absolute atomic E-state index is 14.2. The summed E-state index contributed by atoms with van der Waals surface area (Å²) < 4.78 is 74.8. The fraction of sp³-hybridized carbons (Fsp3) is 0.286. The Balaban J connectivity index is 0.000000616. The molecule has 1 saturated heterocycles. The highest BCUT2D eigenvalue weighted by Gasteiger charge is 2.38. The van der Waals surface area contributed by atoms with Crippen LogP contribution >= 0.6 is 0 Å². The molecule has 226 valence electrons. The van der Waals surface area contributed by atoms with Crippen molar-refractivity contribution in [2.24, 2.45) is 0 Å². The van der Waals surface area contributed by atoms with Gasteiger partial charge in [0.2, 0.25) is 0 Å². The molecule has 3 aromatic rings. The number of hydrogen-bond acceptors (Lipinski definition) is 6. The van der Waals surface area contributed by atoms with Crippen LogP contribution in [0.5, 0.6) is 0 Å². The van der Waals surface area contributed by atoms with Crippen LogP contribution in [0.1, 0.15) is 35.7 Å². The molecule has 14 heteroatoms. The third kappa shape index (κ3) is 8.12. The van der Waals surface area contributed by atoms with Crippen LogP contribution in [0.15, 0.2) is 71.6 Å². The molecule has 4 rings (SSSR count). The highest BCUT2D eigenvalue weighted by Crippen LogP contribution is 2.32. The Labute approximate surface area is 240 Å². The van der Waals surface area contributed by atoms with Crippen LogP contribution in [0.2, 0.25) is 0 Å². The molecular weight excluding hydrogens is 582 g/mol. The predicted octanol–water partition coefficient (Wildman–Crippen LogP) is 5.41. The van der Waals surface area contributed by atoms with Gasteiger partial charge in [-0.2, -0.15) is 13.2 Å². The number of nitrogens with zero attached hydrogens (tertiary/aromatic N) is 2. The second-order valence-electron chi connectivity index (χ2n) is 9.59. The molecule has 0 amide bonds. The smallest absolute Gasteiger partial charge is 0.478 e. The SMILES string of the molecule is CC(C)c1ccc(S(=O)(=O)Nc2cc(C(=O)O)ccc2N2CCN(c3ccccc3F)CC2)cc1.O=C(O)C(F)(F)F. The first-order valence-corrected chi connectivity index (χ1v) is 14.1. The van der Waals surface area contributed by atoms with Crippen molar-refractivity contribution >= 4 is 39.0 Å². The number of anilines is 3. The second kappa shape index (κ2) is 13.1. The molecule has 1 fully saturated rings. The normalized spacial score (nSPS) is 13.8. The molecule has 42 heavy (non-hydrogen) atoms. The minimum atomic E-state index is -5.08. The van der Waals surface area contributed by atoms with Gasteiger partial charge in [-0.05, 0) is 53.9 Å². The van der Waals surface area contributed by atoms with E-state index < -0.39 is 28.1 Å². The van der Waals surface area contributed by atoms with E-state index >= 15 is 0 Å². The van der Waals surface area contributed by atoms with Crippen LogP contribution in [0.4, 0.5) is 34.6 Å². The maximum atomic E-state index is 14.2. The number of alkyl halides is 3. The van der Waals surface area contributed by atoms with E-state index in [1.165, 1.54) is 18.2 Å². The summed E-state index contributed by atoms with van der Waals surface area (Å²) in [6, 6.07) is 17.6. The van der Waals surface area contributed by atoms with E-state index in [0.717, 1.165) is 5.56 Å². The quantitative estimate of drug-likeness (QED) is 0.303. The highest BCUT2D eigenvalue weighted by atomic mass is 32.2. The van der Waals surface area contributed by atoms with Crippen LogP contribution in [-0.2, 0) is 14.8 Å². The molecule has 0 saturated carbocycles. The topological polar surface area (TPSA) is 127 Å². The van der Waals surface area contributed by atoms with Crippen molar-refractivity contribution in [3.63, 3.8) is 0 Å². The number of sulfonamides is 1. The van der Waals surface area contributed by atoms with E-state index in [1.807, 2.05) is 23.6 Å². The van der Waals surface area contributed by atoms with Gasteiger partial charge in [0.05, 0.1) is 27.5 Å². The third-order valence-electron chi connectivity index (χ3n) is 6.40. The molecular formula is C28H29F4N3O6S. The fourth-order valence-electron chi connectivity index (χ4n) is 4.16. The standard InChI is InChI=1S/C26H28FN3O4S.C2HF3O2/c1-18(2)19-7-10-21(11-8-19)35(33,34)28-23-17-20(26(31)32)9-12-25(23)30-15-13-29(14-16-30)24-6-4-3-5-22(24)27;3-2(4,5)1(6)7/h3-12,17-18,28H,13-16H2,1-2H3,(H,31,32);(H,6,7). The first kappa shape index (κ1) is 32.2. The first-order chi connectivity index (χ1) is 19.6. The number of benzene rings is 3. The van der Waals surface area contributed by atoms with Crippen LogP contribution in [0.25, 0.3) is 0 Å². The summed E-state index contributed by atoms with van der Waals surface area (Å²) in [6.07, 6.45) is -5.08. The molecule has 0 aromatic heterocycles. The number of piperazine rings is 1. The molecule has 3 N–H and O–H groups in total. The summed E-state index contributed by atoms with van der Waals surface area (Å²) in [4.78, 5) is 24.5. The van der Waals surface area contributed by atoms with Crippen LogP contribution in [0.3, 0.4) is 0 Å². The monoisotopic (exact) mass is 611 g/mol. The third-order valence-corrected chi connectivity index (χ3v) is 7.78. The summed E-state index contributed by atoms with van der Waals surface area (Å²) in [6.45, 7) is 6.14. The lowest BCUT2D eigenvalue weighted by molar-refractivity contribution is -0.192. The molecule has 1 aliphatic rings. The van der Waals surface area contributed by atoms with E-state index in [4.69, 9.17) is 9.90 Å². The maximum Gasteiger partial charge on any atom is 0.490 e. The number of carboxylic acid groups (broad SMARTS) is 2. The number of aliphatic carboxylic acids is 1. The summed E-state index contributed by atoms with van der Waals surface area (Å²) >= 11 is 0. The lowest BCUT2D eigenvalue weighted by atomic mass is 10.0. The molecule has 0 unspecified atom stereocenters. The zero-order chi connectivity index (χ0) is 31.2. The molecule has 0 aliphatic carbocycles. The van der Waals surface area contributed by atoms with Gasteiger partial charge in [0.25, 0.3) is 10.0 Å². The summed E-state index contributed by atoms with van der Waals surface area (Å²) in [5.41, 5.74) is 2.29. The van der Waals surface area contributed by atoms with Crippen LogP contribution < -0.4 is 14.5 Å².